The van der Waals surface area contributed by atoms with Crippen molar-refractivity contribution in [1.82, 2.24) is 15.2 Å². The van der Waals surface area contributed by atoms with Gasteiger partial charge in [0.05, 0.1) is 18.2 Å². The minimum atomic E-state index is -0.154. The smallest absolute Gasteiger partial charge is 0.238 e. The summed E-state index contributed by atoms with van der Waals surface area (Å²) in [6, 6.07) is 2.03. The van der Waals surface area contributed by atoms with Gasteiger partial charge in [-0.05, 0) is 18.9 Å². The molecule has 82 valence electrons. The Labute approximate surface area is 88.6 Å². The Bertz CT molecular complexity index is 356. The molecule has 1 amide bonds. The standard InChI is InChI=1S/C10H16N4O/c1-7(10(15)12-11)6-14-5-4-9(13-14)8-2-3-8/h4-5,7-8H,2-3,6,11H2,1H3,(H,12,15). The van der Waals surface area contributed by atoms with E-state index in [1.807, 2.05) is 23.9 Å². The molecule has 0 saturated heterocycles. The minimum Gasteiger partial charge on any atom is -0.294 e. The second kappa shape index (κ2) is 4.02. The van der Waals surface area contributed by atoms with Crippen LogP contribution in [0.3, 0.4) is 0 Å². The number of amides is 1. The van der Waals surface area contributed by atoms with E-state index in [0.29, 0.717) is 12.5 Å². The number of hydrogen-bond donors (Lipinski definition) is 2. The highest BCUT2D eigenvalue weighted by atomic mass is 16.2. The zero-order valence-electron chi connectivity index (χ0n) is 8.81. The molecular formula is C10H16N4O. The summed E-state index contributed by atoms with van der Waals surface area (Å²) in [4.78, 5) is 11.2. The molecule has 0 bridgehead atoms. The van der Waals surface area contributed by atoms with Crippen LogP contribution in [0.25, 0.3) is 0 Å². The minimum absolute atomic E-state index is 0.151. The van der Waals surface area contributed by atoms with Crippen molar-refractivity contribution in [2.75, 3.05) is 0 Å². The molecule has 0 aliphatic heterocycles. The summed E-state index contributed by atoms with van der Waals surface area (Å²) in [5, 5.41) is 4.42. The van der Waals surface area contributed by atoms with Crippen LogP contribution in [0.1, 0.15) is 31.4 Å². The van der Waals surface area contributed by atoms with Gasteiger partial charge in [0.2, 0.25) is 5.91 Å². The van der Waals surface area contributed by atoms with E-state index in [4.69, 9.17) is 5.84 Å². The topological polar surface area (TPSA) is 72.9 Å². The number of carbonyl (C=O) groups is 1. The van der Waals surface area contributed by atoms with E-state index in [-0.39, 0.29) is 11.8 Å². The Kier molecular flexibility index (Phi) is 2.73. The van der Waals surface area contributed by atoms with E-state index in [9.17, 15) is 4.79 Å². The second-order valence-electron chi connectivity index (χ2n) is 4.15. The third-order valence-electron chi connectivity index (χ3n) is 2.71. The maximum atomic E-state index is 11.2. The van der Waals surface area contributed by atoms with Gasteiger partial charge < -0.3 is 0 Å². The molecule has 0 radical (unpaired) electrons. The lowest BCUT2D eigenvalue weighted by Crippen LogP contribution is -2.36. The summed E-state index contributed by atoms with van der Waals surface area (Å²) < 4.78 is 1.81. The van der Waals surface area contributed by atoms with Crippen LogP contribution in [-0.2, 0) is 11.3 Å². The van der Waals surface area contributed by atoms with Gasteiger partial charge in [0.25, 0.3) is 0 Å². The Morgan fingerprint density at radius 3 is 3.13 bits per heavy atom. The SMILES string of the molecule is CC(Cn1ccc(C2CC2)n1)C(=O)NN. The van der Waals surface area contributed by atoms with E-state index in [1.54, 1.807) is 0 Å². The maximum absolute atomic E-state index is 11.2. The number of hydrogen-bond acceptors (Lipinski definition) is 3. The summed E-state index contributed by atoms with van der Waals surface area (Å²) in [7, 11) is 0. The number of nitrogens with zero attached hydrogens (tertiary/aromatic N) is 2. The fourth-order valence-electron chi connectivity index (χ4n) is 1.58. The van der Waals surface area contributed by atoms with Crippen molar-refractivity contribution in [3.63, 3.8) is 0 Å². The highest BCUT2D eigenvalue weighted by molar-refractivity contribution is 5.77. The number of nitrogens with one attached hydrogen (secondary N) is 1. The van der Waals surface area contributed by atoms with Crippen molar-refractivity contribution in [2.24, 2.45) is 11.8 Å². The zero-order chi connectivity index (χ0) is 10.8. The van der Waals surface area contributed by atoms with Gasteiger partial charge in [-0.1, -0.05) is 6.92 Å². The summed E-state index contributed by atoms with van der Waals surface area (Å²) in [5.41, 5.74) is 3.30. The lowest BCUT2D eigenvalue weighted by molar-refractivity contribution is -0.125. The molecule has 5 heteroatoms. The predicted molar refractivity (Wildman–Crippen MR) is 55.7 cm³/mol. The molecule has 1 aliphatic carbocycles. The molecule has 1 saturated carbocycles. The Morgan fingerprint density at radius 2 is 2.53 bits per heavy atom. The summed E-state index contributed by atoms with van der Waals surface area (Å²) in [5.74, 6) is 5.41. The van der Waals surface area contributed by atoms with Crippen molar-refractivity contribution in [3.8, 4) is 0 Å². The first-order chi connectivity index (χ1) is 7.20. The largest absolute Gasteiger partial charge is 0.294 e. The van der Waals surface area contributed by atoms with Crippen molar-refractivity contribution < 1.29 is 4.79 Å². The quantitative estimate of drug-likeness (QED) is 0.427. The van der Waals surface area contributed by atoms with Crippen LogP contribution in [0.4, 0.5) is 0 Å². The van der Waals surface area contributed by atoms with Crippen molar-refractivity contribution in [1.29, 1.82) is 0 Å². The molecule has 15 heavy (non-hydrogen) atoms. The fourth-order valence-corrected chi connectivity index (χ4v) is 1.58. The van der Waals surface area contributed by atoms with Gasteiger partial charge in [0.15, 0.2) is 0 Å². The summed E-state index contributed by atoms with van der Waals surface area (Å²) in [6.07, 6.45) is 4.42. The average Bonchev–Trinajstić information content (AvgIpc) is 2.99. The van der Waals surface area contributed by atoms with Crippen molar-refractivity contribution >= 4 is 5.91 Å². The molecule has 3 N–H and O–H groups in total. The molecule has 5 nitrogen and oxygen atoms in total. The molecular weight excluding hydrogens is 192 g/mol. The van der Waals surface area contributed by atoms with Gasteiger partial charge in [-0.25, -0.2) is 5.84 Å². The van der Waals surface area contributed by atoms with Gasteiger partial charge in [0.1, 0.15) is 0 Å². The van der Waals surface area contributed by atoms with Crippen LogP contribution in [0, 0.1) is 5.92 Å². The van der Waals surface area contributed by atoms with E-state index in [2.05, 4.69) is 10.5 Å². The van der Waals surface area contributed by atoms with Crippen LogP contribution in [0.15, 0.2) is 12.3 Å². The number of nitrogens with two attached hydrogens (primary N) is 1. The molecule has 0 aromatic carbocycles. The monoisotopic (exact) mass is 208 g/mol. The van der Waals surface area contributed by atoms with E-state index in [1.165, 1.54) is 12.8 Å². The zero-order valence-corrected chi connectivity index (χ0v) is 8.81. The van der Waals surface area contributed by atoms with Crippen molar-refractivity contribution in [2.45, 2.75) is 32.2 Å². The average molecular weight is 208 g/mol. The van der Waals surface area contributed by atoms with Crippen molar-refractivity contribution in [3.05, 3.63) is 18.0 Å². The van der Waals surface area contributed by atoms with E-state index >= 15 is 0 Å². The molecule has 2 rings (SSSR count). The van der Waals surface area contributed by atoms with Gasteiger partial charge >= 0.3 is 0 Å². The van der Waals surface area contributed by atoms with Crippen LogP contribution in [-0.4, -0.2) is 15.7 Å². The van der Waals surface area contributed by atoms with E-state index in [0.717, 1.165) is 5.69 Å². The third-order valence-corrected chi connectivity index (χ3v) is 2.71. The first-order valence-electron chi connectivity index (χ1n) is 5.24. The molecule has 1 fully saturated rings. The lowest BCUT2D eigenvalue weighted by atomic mass is 10.2. The number of carbonyl (C=O) groups excluding carboxylic acids is 1. The van der Waals surface area contributed by atoms with Crippen LogP contribution < -0.4 is 11.3 Å². The highest BCUT2D eigenvalue weighted by Crippen LogP contribution is 2.38. The predicted octanol–water partition coefficient (Wildman–Crippen LogP) is 0.387. The molecule has 1 unspecified atom stereocenters. The van der Waals surface area contributed by atoms with Gasteiger partial charge in [0, 0.05) is 12.1 Å². The molecule has 1 aromatic rings. The number of aromatic nitrogens is 2. The van der Waals surface area contributed by atoms with Crippen LogP contribution in [0.2, 0.25) is 0 Å². The Morgan fingerprint density at radius 1 is 1.80 bits per heavy atom. The number of hydrazine groups is 1. The first-order valence-corrected chi connectivity index (χ1v) is 5.24. The Balaban J connectivity index is 1.94. The fraction of sp³-hybridized carbons (Fsp3) is 0.600. The maximum Gasteiger partial charge on any atom is 0.238 e. The lowest BCUT2D eigenvalue weighted by Gasteiger charge is -2.09. The summed E-state index contributed by atoms with van der Waals surface area (Å²) >= 11 is 0. The Hall–Kier alpha value is -1.36. The highest BCUT2D eigenvalue weighted by Gasteiger charge is 2.26. The molecule has 1 heterocycles. The van der Waals surface area contributed by atoms with E-state index < -0.39 is 0 Å². The van der Waals surface area contributed by atoms with Crippen LogP contribution in [0.5, 0.6) is 0 Å². The van der Waals surface area contributed by atoms with Gasteiger partial charge in [-0.15, -0.1) is 0 Å². The molecule has 1 aromatic heterocycles. The molecule has 1 aliphatic rings. The first kappa shape index (κ1) is 10.2. The normalized spacial score (nSPS) is 17.5. The third kappa shape index (κ3) is 2.36. The second-order valence-corrected chi connectivity index (χ2v) is 4.15. The van der Waals surface area contributed by atoms with Gasteiger partial charge in [-0.2, -0.15) is 5.10 Å². The van der Waals surface area contributed by atoms with Gasteiger partial charge in [-0.3, -0.25) is 14.9 Å². The molecule has 1 atom stereocenters. The molecule has 0 spiro atoms. The number of rotatable bonds is 4. The summed E-state index contributed by atoms with van der Waals surface area (Å²) in [6.45, 7) is 2.41. The van der Waals surface area contributed by atoms with Crippen LogP contribution >= 0.6 is 0 Å².